The molecule has 1 nitrogen and oxygen atoms in total. The van der Waals surface area contributed by atoms with E-state index < -0.39 is 8.81 Å². The predicted octanol–water partition coefficient (Wildman–Crippen LogP) is 0.671. The third-order valence-electron chi connectivity index (χ3n) is 1.27. The summed E-state index contributed by atoms with van der Waals surface area (Å²) in [7, 11) is -0.930. The van der Waals surface area contributed by atoms with Crippen LogP contribution in [0.25, 0.3) is 0 Å². The van der Waals surface area contributed by atoms with Gasteiger partial charge >= 0.3 is 55.8 Å². The van der Waals surface area contributed by atoms with E-state index in [2.05, 4.69) is 0 Å². The Morgan fingerprint density at radius 1 is 1.44 bits per heavy atom. The second kappa shape index (κ2) is 2.95. The zero-order valence-corrected chi connectivity index (χ0v) is 6.88. The summed E-state index contributed by atoms with van der Waals surface area (Å²) in [4.78, 5) is 8.80. The SMILES string of the molecule is Cc1cccc([PH3]O)c1. The van der Waals surface area contributed by atoms with Crippen LogP contribution >= 0.6 is 8.81 Å². The van der Waals surface area contributed by atoms with E-state index in [4.69, 9.17) is 4.89 Å². The van der Waals surface area contributed by atoms with Gasteiger partial charge in [-0.2, -0.15) is 0 Å². The average molecular weight is 142 g/mol. The van der Waals surface area contributed by atoms with Crippen molar-refractivity contribution in [3.63, 3.8) is 0 Å². The van der Waals surface area contributed by atoms with E-state index in [9.17, 15) is 0 Å². The molecule has 0 unspecified atom stereocenters. The van der Waals surface area contributed by atoms with E-state index >= 15 is 0 Å². The van der Waals surface area contributed by atoms with Crippen molar-refractivity contribution in [1.29, 1.82) is 0 Å². The molecule has 0 radical (unpaired) electrons. The first-order chi connectivity index (χ1) is 4.33. The van der Waals surface area contributed by atoms with Gasteiger partial charge in [0.25, 0.3) is 0 Å². The van der Waals surface area contributed by atoms with Crippen LogP contribution in [0.2, 0.25) is 0 Å². The van der Waals surface area contributed by atoms with Crippen molar-refractivity contribution in [3.05, 3.63) is 29.8 Å². The van der Waals surface area contributed by atoms with E-state index in [-0.39, 0.29) is 0 Å². The summed E-state index contributed by atoms with van der Waals surface area (Å²) in [6.45, 7) is 2.04. The second-order valence-electron chi connectivity index (χ2n) is 2.15. The van der Waals surface area contributed by atoms with Gasteiger partial charge < -0.3 is 0 Å². The van der Waals surface area contributed by atoms with Gasteiger partial charge in [0.1, 0.15) is 0 Å². The van der Waals surface area contributed by atoms with Crippen LogP contribution in [0.15, 0.2) is 24.3 Å². The Labute approximate surface area is 56.6 Å². The van der Waals surface area contributed by atoms with Crippen molar-refractivity contribution in [1.82, 2.24) is 0 Å². The Kier molecular flexibility index (Phi) is 2.21. The van der Waals surface area contributed by atoms with Crippen molar-refractivity contribution in [2.45, 2.75) is 6.92 Å². The zero-order valence-electron chi connectivity index (χ0n) is 5.46. The van der Waals surface area contributed by atoms with Crippen LogP contribution in [-0.4, -0.2) is 4.89 Å². The normalized spacial score (nSPS) is 10.0. The van der Waals surface area contributed by atoms with E-state index in [1.54, 1.807) is 0 Å². The van der Waals surface area contributed by atoms with Gasteiger partial charge in [0, 0.05) is 0 Å². The predicted molar refractivity (Wildman–Crippen MR) is 44.1 cm³/mol. The maximum absolute atomic E-state index is 8.80. The molecule has 0 saturated heterocycles. The van der Waals surface area contributed by atoms with E-state index in [0.717, 1.165) is 5.30 Å². The second-order valence-corrected chi connectivity index (χ2v) is 3.28. The van der Waals surface area contributed by atoms with E-state index in [1.807, 2.05) is 31.2 Å². The molecule has 0 atom stereocenters. The third kappa shape index (κ3) is 1.78. The molecule has 1 aromatic rings. The van der Waals surface area contributed by atoms with Gasteiger partial charge in [0.2, 0.25) is 0 Å². The maximum atomic E-state index is 8.80. The van der Waals surface area contributed by atoms with E-state index in [0.29, 0.717) is 0 Å². The molecule has 0 amide bonds. The summed E-state index contributed by atoms with van der Waals surface area (Å²) >= 11 is 0. The summed E-state index contributed by atoms with van der Waals surface area (Å²) in [5.41, 5.74) is 1.23. The molecular weight excluding hydrogens is 131 g/mol. The average Bonchev–Trinajstić information content (AvgIpc) is 1.88. The minimum absolute atomic E-state index is 0.930. The Hall–Kier alpha value is -0.390. The molecule has 0 fully saturated rings. The summed E-state index contributed by atoms with van der Waals surface area (Å²) in [5, 5.41) is 1.12. The Morgan fingerprint density at radius 3 is 2.67 bits per heavy atom. The molecule has 0 aliphatic carbocycles. The quantitative estimate of drug-likeness (QED) is 0.571. The first-order valence-corrected chi connectivity index (χ1v) is 4.33. The van der Waals surface area contributed by atoms with Crippen molar-refractivity contribution >= 4 is 14.1 Å². The number of hydrogen-bond acceptors (Lipinski definition) is 1. The van der Waals surface area contributed by atoms with Gasteiger partial charge in [-0.15, -0.1) is 0 Å². The Bertz CT molecular complexity index is 198. The zero-order chi connectivity index (χ0) is 6.69. The molecule has 0 aromatic heterocycles. The van der Waals surface area contributed by atoms with E-state index in [1.165, 1.54) is 5.56 Å². The number of aryl methyl sites for hydroxylation is 1. The fraction of sp³-hybridized carbons (Fsp3) is 0.143. The molecule has 0 aliphatic heterocycles. The molecule has 1 rings (SSSR count). The summed E-state index contributed by atoms with van der Waals surface area (Å²) in [5.74, 6) is 0. The molecule has 0 bridgehead atoms. The Balaban J connectivity index is 2.94. The topological polar surface area (TPSA) is 20.2 Å². The fourth-order valence-corrected chi connectivity index (χ4v) is 1.47. The van der Waals surface area contributed by atoms with Gasteiger partial charge in [0.15, 0.2) is 0 Å². The van der Waals surface area contributed by atoms with Crippen molar-refractivity contribution in [2.75, 3.05) is 0 Å². The molecule has 0 spiro atoms. The van der Waals surface area contributed by atoms with Gasteiger partial charge in [-0.3, -0.25) is 0 Å². The van der Waals surface area contributed by atoms with Crippen molar-refractivity contribution in [2.24, 2.45) is 0 Å². The first-order valence-electron chi connectivity index (χ1n) is 2.99. The van der Waals surface area contributed by atoms with Gasteiger partial charge in [-0.05, 0) is 0 Å². The van der Waals surface area contributed by atoms with Gasteiger partial charge in [-0.1, -0.05) is 0 Å². The Morgan fingerprint density at radius 2 is 2.22 bits per heavy atom. The minimum atomic E-state index is -0.930. The molecule has 1 aromatic carbocycles. The molecule has 50 valence electrons. The number of benzene rings is 1. The van der Waals surface area contributed by atoms with Gasteiger partial charge in [-0.25, -0.2) is 0 Å². The van der Waals surface area contributed by atoms with Gasteiger partial charge in [0.05, 0.1) is 0 Å². The first kappa shape index (κ1) is 6.73. The summed E-state index contributed by atoms with van der Waals surface area (Å²) < 4.78 is 0. The van der Waals surface area contributed by atoms with Crippen LogP contribution in [0, 0.1) is 6.92 Å². The van der Waals surface area contributed by atoms with Crippen LogP contribution < -0.4 is 5.30 Å². The van der Waals surface area contributed by atoms with Crippen LogP contribution in [0.5, 0.6) is 0 Å². The standard InChI is InChI=1S/C7H11OP/c1-6-3-2-4-7(5-6)9-8/h2-5,8H,1,9H3. The van der Waals surface area contributed by atoms with Crippen LogP contribution in [0.1, 0.15) is 5.56 Å². The fourth-order valence-electron chi connectivity index (χ4n) is 0.810. The molecule has 0 heterocycles. The molecular formula is C7H11OP. The molecule has 0 aliphatic rings. The number of rotatable bonds is 1. The molecule has 0 saturated carbocycles. The van der Waals surface area contributed by atoms with Crippen LogP contribution in [0.4, 0.5) is 0 Å². The third-order valence-corrected chi connectivity index (χ3v) is 2.07. The summed E-state index contributed by atoms with van der Waals surface area (Å²) in [6, 6.07) is 8.02. The molecule has 2 heteroatoms. The van der Waals surface area contributed by atoms with Crippen molar-refractivity contribution < 1.29 is 4.89 Å². The molecule has 9 heavy (non-hydrogen) atoms. The molecule has 1 N–H and O–H groups in total. The summed E-state index contributed by atoms with van der Waals surface area (Å²) in [6.07, 6.45) is 0. The van der Waals surface area contributed by atoms with Crippen LogP contribution in [0.3, 0.4) is 0 Å². The number of hydrogen-bond donors (Lipinski definition) is 1. The monoisotopic (exact) mass is 142 g/mol. The van der Waals surface area contributed by atoms with Crippen molar-refractivity contribution in [3.8, 4) is 0 Å². The van der Waals surface area contributed by atoms with Crippen LogP contribution in [-0.2, 0) is 0 Å².